The maximum absolute atomic E-state index is 15.9. The molecule has 3 heterocycles. The number of aliphatic carboxylic acids is 1. The van der Waals surface area contributed by atoms with Crippen molar-refractivity contribution < 1.29 is 37.0 Å². The fraction of sp³-hybridized carbons (Fsp3) is 0.355. The zero-order valence-corrected chi connectivity index (χ0v) is 24.6. The van der Waals surface area contributed by atoms with E-state index >= 15 is 4.39 Å². The molecule has 1 aliphatic rings. The number of rotatable bonds is 8. The number of piperidine rings is 1. The Morgan fingerprint density at radius 2 is 1.86 bits per heavy atom. The third-order valence-corrected chi connectivity index (χ3v) is 8.24. The number of alkyl halides is 1. The summed E-state index contributed by atoms with van der Waals surface area (Å²) in [5.74, 6) is -5.97. The first kappa shape index (κ1) is 30.8. The molecule has 13 heteroatoms. The average Bonchev–Trinajstić information content (AvgIpc) is 3.43. The summed E-state index contributed by atoms with van der Waals surface area (Å²) in [6, 6.07) is 9.95. The lowest BCUT2D eigenvalue weighted by atomic mass is 9.79. The monoisotopic (exact) mass is 613 g/mol. The number of anilines is 2. The van der Waals surface area contributed by atoms with Crippen molar-refractivity contribution in [3.63, 3.8) is 0 Å². The van der Waals surface area contributed by atoms with Crippen molar-refractivity contribution in [2.45, 2.75) is 38.8 Å². The van der Waals surface area contributed by atoms with Gasteiger partial charge in [-0.3, -0.25) is 9.59 Å². The fourth-order valence-electron chi connectivity index (χ4n) is 5.82. The van der Waals surface area contributed by atoms with E-state index in [1.165, 1.54) is 28.7 Å². The van der Waals surface area contributed by atoms with Crippen LogP contribution in [0.2, 0.25) is 0 Å². The highest BCUT2D eigenvalue weighted by Crippen LogP contribution is 2.39. The highest BCUT2D eigenvalue weighted by molar-refractivity contribution is 5.94. The molecule has 44 heavy (non-hydrogen) atoms. The van der Waals surface area contributed by atoms with Crippen LogP contribution < -0.4 is 9.64 Å². The molecular weight excluding hydrogens is 582 g/mol. The zero-order valence-electron chi connectivity index (χ0n) is 24.6. The number of ether oxygens (including phenoxy) is 1. The van der Waals surface area contributed by atoms with Crippen LogP contribution in [0.4, 0.5) is 29.1 Å². The van der Waals surface area contributed by atoms with Crippen LogP contribution in [0, 0.1) is 30.3 Å². The number of benzene rings is 2. The number of hydrogen-bond acceptors (Lipinski definition) is 6. The van der Waals surface area contributed by atoms with E-state index in [-0.39, 0.29) is 55.0 Å². The van der Waals surface area contributed by atoms with Crippen molar-refractivity contribution in [1.82, 2.24) is 19.5 Å². The zero-order chi connectivity index (χ0) is 31.9. The van der Waals surface area contributed by atoms with Gasteiger partial charge in [0, 0.05) is 37.2 Å². The molecule has 4 aromatic rings. The Bertz CT molecular complexity index is 1740. The van der Waals surface area contributed by atoms with Crippen LogP contribution in [0.15, 0.2) is 42.5 Å². The largest absolute Gasteiger partial charge is 0.495 e. The van der Waals surface area contributed by atoms with E-state index in [1.54, 1.807) is 24.9 Å². The van der Waals surface area contributed by atoms with Gasteiger partial charge in [-0.1, -0.05) is 19.1 Å². The third-order valence-electron chi connectivity index (χ3n) is 8.24. The molecule has 2 atom stereocenters. The highest BCUT2D eigenvalue weighted by Gasteiger charge is 2.45. The Kier molecular flexibility index (Phi) is 8.23. The molecule has 2 aromatic heterocycles. The summed E-state index contributed by atoms with van der Waals surface area (Å²) in [5.41, 5.74) is -0.328. The number of para-hydroxylation sites is 1. The maximum Gasteiger partial charge on any atom is 0.303 e. The third kappa shape index (κ3) is 5.53. The van der Waals surface area contributed by atoms with Gasteiger partial charge in [-0.2, -0.15) is 9.61 Å². The van der Waals surface area contributed by atoms with Gasteiger partial charge in [0.2, 0.25) is 0 Å². The number of halogens is 4. The van der Waals surface area contributed by atoms with Crippen molar-refractivity contribution in [3.8, 4) is 17.0 Å². The molecule has 0 saturated carbocycles. The summed E-state index contributed by atoms with van der Waals surface area (Å²) in [7, 11) is 3.22. The molecule has 1 N–H and O–H groups in total. The molecule has 1 amide bonds. The second kappa shape index (κ2) is 11.8. The van der Waals surface area contributed by atoms with Crippen LogP contribution in [0.3, 0.4) is 0 Å². The molecule has 2 aromatic carbocycles. The number of fused-ring (bicyclic) bond motifs is 1. The molecular formula is C31H31F4N5O4. The summed E-state index contributed by atoms with van der Waals surface area (Å²) in [4.78, 5) is 32.5. The first-order valence-electron chi connectivity index (χ1n) is 14.0. The van der Waals surface area contributed by atoms with Gasteiger partial charge in [-0.05, 0) is 43.5 Å². The Hall–Kier alpha value is -4.68. The number of methoxy groups -OCH3 is 1. The van der Waals surface area contributed by atoms with E-state index in [4.69, 9.17) is 4.74 Å². The van der Waals surface area contributed by atoms with Crippen molar-refractivity contribution in [3.05, 3.63) is 71.2 Å². The SMILES string of the molecule is CCC1(F)CN(C(=O)c2cc3nc(-c4cc(F)c(F)c(F)c4)cc(N(C)c4c(C)cccc4OC)n3n2)CC[C@H]1CC(=O)O. The van der Waals surface area contributed by atoms with E-state index in [0.29, 0.717) is 17.3 Å². The van der Waals surface area contributed by atoms with Gasteiger partial charge < -0.3 is 19.6 Å². The molecule has 1 fully saturated rings. The Labute approximate surface area is 250 Å². The van der Waals surface area contributed by atoms with E-state index in [0.717, 1.165) is 17.7 Å². The normalized spacial score (nSPS) is 18.5. The van der Waals surface area contributed by atoms with Gasteiger partial charge in [0.1, 0.15) is 17.2 Å². The van der Waals surface area contributed by atoms with E-state index in [1.807, 2.05) is 19.1 Å². The number of hydrogen-bond donors (Lipinski definition) is 1. The van der Waals surface area contributed by atoms with Crippen LogP contribution in [-0.4, -0.2) is 69.4 Å². The van der Waals surface area contributed by atoms with Crippen LogP contribution in [-0.2, 0) is 4.79 Å². The molecule has 0 radical (unpaired) electrons. The standard InChI is InChI=1S/C31H31F4N5O4/c1-5-31(35)16-39(10-9-19(31)13-27(41)42)30(43)23-14-25-36-22(18-11-20(32)28(34)21(33)12-18)15-26(40(25)37-23)38(3)29-17(2)7-6-8-24(29)44-4/h6-8,11-12,14-15,19H,5,9-10,13,16H2,1-4H3,(H,41,42)/t19-,31?/m0/s1. The number of carbonyl (C=O) groups excluding carboxylic acids is 1. The minimum Gasteiger partial charge on any atom is -0.495 e. The Morgan fingerprint density at radius 1 is 1.16 bits per heavy atom. The predicted molar refractivity (Wildman–Crippen MR) is 154 cm³/mol. The average molecular weight is 614 g/mol. The van der Waals surface area contributed by atoms with Crippen molar-refractivity contribution in [2.75, 3.05) is 32.1 Å². The first-order chi connectivity index (χ1) is 20.9. The van der Waals surface area contributed by atoms with Gasteiger partial charge in [0.15, 0.2) is 28.8 Å². The van der Waals surface area contributed by atoms with Crippen molar-refractivity contribution in [2.24, 2.45) is 5.92 Å². The minimum atomic E-state index is -1.89. The second-order valence-corrected chi connectivity index (χ2v) is 10.9. The fourth-order valence-corrected chi connectivity index (χ4v) is 5.82. The van der Waals surface area contributed by atoms with Crippen molar-refractivity contribution in [1.29, 1.82) is 0 Å². The molecule has 0 spiro atoms. The lowest BCUT2D eigenvalue weighted by Crippen LogP contribution is -2.53. The lowest BCUT2D eigenvalue weighted by molar-refractivity contribution is -0.140. The molecule has 232 valence electrons. The first-order valence-corrected chi connectivity index (χ1v) is 14.0. The lowest BCUT2D eigenvalue weighted by Gasteiger charge is -2.42. The number of aryl methyl sites for hydroxylation is 1. The summed E-state index contributed by atoms with van der Waals surface area (Å²) >= 11 is 0. The Morgan fingerprint density at radius 3 is 2.50 bits per heavy atom. The van der Waals surface area contributed by atoms with Crippen LogP contribution >= 0.6 is 0 Å². The minimum absolute atomic E-state index is 0.0306. The number of carboxylic acids is 1. The molecule has 0 bridgehead atoms. The molecule has 1 aliphatic heterocycles. The summed E-state index contributed by atoms with van der Waals surface area (Å²) < 4.78 is 65.0. The number of amides is 1. The molecule has 5 rings (SSSR count). The molecule has 0 aliphatic carbocycles. The van der Waals surface area contributed by atoms with Crippen LogP contribution in [0.1, 0.15) is 42.2 Å². The second-order valence-electron chi connectivity index (χ2n) is 10.9. The maximum atomic E-state index is 15.9. The van der Waals surface area contributed by atoms with E-state index in [9.17, 15) is 27.9 Å². The van der Waals surface area contributed by atoms with E-state index in [2.05, 4.69) is 10.1 Å². The predicted octanol–water partition coefficient (Wildman–Crippen LogP) is 5.95. The quantitative estimate of drug-likeness (QED) is 0.194. The van der Waals surface area contributed by atoms with E-state index < -0.39 is 40.9 Å². The highest BCUT2D eigenvalue weighted by atomic mass is 19.2. The number of likely N-dealkylation sites (tertiary alicyclic amines) is 1. The number of nitrogens with zero attached hydrogens (tertiary/aromatic N) is 5. The summed E-state index contributed by atoms with van der Waals surface area (Å²) in [6.07, 6.45) is -0.139. The van der Waals surface area contributed by atoms with Gasteiger partial charge >= 0.3 is 5.97 Å². The van der Waals surface area contributed by atoms with Crippen LogP contribution in [0.5, 0.6) is 5.75 Å². The summed E-state index contributed by atoms with van der Waals surface area (Å²) in [5, 5.41) is 13.7. The number of carbonyl (C=O) groups is 2. The van der Waals surface area contributed by atoms with Crippen molar-refractivity contribution >= 4 is 29.0 Å². The number of aromatic nitrogens is 3. The van der Waals surface area contributed by atoms with Gasteiger partial charge in [0.25, 0.3) is 5.91 Å². The molecule has 9 nitrogen and oxygen atoms in total. The molecule has 1 saturated heterocycles. The van der Waals surface area contributed by atoms with Gasteiger partial charge in [-0.25, -0.2) is 22.5 Å². The number of carboxylic acid groups (broad SMARTS) is 1. The topological polar surface area (TPSA) is 100 Å². The van der Waals surface area contributed by atoms with Gasteiger partial charge in [0.05, 0.1) is 31.5 Å². The molecule has 1 unspecified atom stereocenters. The smallest absolute Gasteiger partial charge is 0.303 e. The van der Waals surface area contributed by atoms with Gasteiger partial charge in [-0.15, -0.1) is 0 Å². The summed E-state index contributed by atoms with van der Waals surface area (Å²) in [6.45, 7) is 3.31. The van der Waals surface area contributed by atoms with Crippen LogP contribution in [0.25, 0.3) is 16.9 Å². The Balaban J connectivity index is 1.62.